The lowest BCUT2D eigenvalue weighted by molar-refractivity contribution is -0.117. The van der Waals surface area contributed by atoms with Crippen LogP contribution in [0.25, 0.3) is 6.08 Å². The van der Waals surface area contributed by atoms with Crippen molar-refractivity contribution in [3.63, 3.8) is 0 Å². The van der Waals surface area contributed by atoms with Gasteiger partial charge in [0.1, 0.15) is 5.75 Å². The minimum absolute atomic E-state index is 0.00715. The lowest BCUT2D eigenvalue weighted by Crippen LogP contribution is -2.42. The van der Waals surface area contributed by atoms with Gasteiger partial charge in [0.2, 0.25) is 5.91 Å². The van der Waals surface area contributed by atoms with E-state index in [0.29, 0.717) is 5.56 Å². The molecular weight excluding hydrogens is 304 g/mol. The number of hydrogen-bond donors (Lipinski definition) is 2. The zero-order valence-corrected chi connectivity index (χ0v) is 12.8. The summed E-state index contributed by atoms with van der Waals surface area (Å²) in [6.07, 6.45) is 6.96. The molecular formula is C17H21F2NO3. The van der Waals surface area contributed by atoms with Gasteiger partial charge in [0.25, 0.3) is 0 Å². The molecule has 2 N–H and O–H groups in total. The molecule has 2 unspecified atom stereocenters. The Kier molecular flexibility index (Phi) is 6.52. The number of amides is 1. The third-order valence-corrected chi connectivity index (χ3v) is 4.00. The number of aliphatic hydroxyl groups excluding tert-OH is 1. The predicted octanol–water partition coefficient (Wildman–Crippen LogP) is 2.97. The Morgan fingerprint density at radius 1 is 1.30 bits per heavy atom. The Hall–Kier alpha value is -1.95. The van der Waals surface area contributed by atoms with Crippen molar-refractivity contribution in [3.05, 3.63) is 35.9 Å². The summed E-state index contributed by atoms with van der Waals surface area (Å²) >= 11 is 0. The highest BCUT2D eigenvalue weighted by atomic mass is 19.3. The molecule has 0 spiro atoms. The summed E-state index contributed by atoms with van der Waals surface area (Å²) in [5, 5.41) is 12.3. The molecule has 2 rings (SSSR count). The molecule has 0 heterocycles. The van der Waals surface area contributed by atoms with E-state index < -0.39 is 6.61 Å². The van der Waals surface area contributed by atoms with Gasteiger partial charge < -0.3 is 15.2 Å². The van der Waals surface area contributed by atoms with Crippen LogP contribution in [0.3, 0.4) is 0 Å². The lowest BCUT2D eigenvalue weighted by atomic mass is 9.85. The number of benzene rings is 1. The fourth-order valence-electron chi connectivity index (χ4n) is 2.78. The van der Waals surface area contributed by atoms with Crippen molar-refractivity contribution >= 4 is 12.0 Å². The molecule has 2 atom stereocenters. The van der Waals surface area contributed by atoms with Gasteiger partial charge in [-0.05, 0) is 36.6 Å². The van der Waals surface area contributed by atoms with Gasteiger partial charge >= 0.3 is 6.61 Å². The summed E-state index contributed by atoms with van der Waals surface area (Å²) in [5.41, 5.74) is 0.712. The predicted molar refractivity (Wildman–Crippen MR) is 83.1 cm³/mol. The number of nitrogens with one attached hydrogen (secondary N) is 1. The van der Waals surface area contributed by atoms with E-state index in [-0.39, 0.29) is 30.2 Å². The van der Waals surface area contributed by atoms with Crippen molar-refractivity contribution in [3.8, 4) is 5.75 Å². The summed E-state index contributed by atoms with van der Waals surface area (Å²) in [7, 11) is 0. The molecule has 6 heteroatoms. The highest BCUT2D eigenvalue weighted by molar-refractivity contribution is 5.91. The fourth-order valence-corrected chi connectivity index (χ4v) is 2.78. The molecule has 0 aliphatic heterocycles. The van der Waals surface area contributed by atoms with Crippen LogP contribution < -0.4 is 10.1 Å². The molecule has 1 aliphatic carbocycles. The average molecular weight is 325 g/mol. The molecule has 0 radical (unpaired) electrons. The van der Waals surface area contributed by atoms with Gasteiger partial charge in [0.05, 0.1) is 0 Å². The number of carbonyl (C=O) groups excluding carboxylic acids is 1. The van der Waals surface area contributed by atoms with E-state index in [4.69, 9.17) is 0 Å². The zero-order valence-electron chi connectivity index (χ0n) is 12.8. The van der Waals surface area contributed by atoms with Crippen LogP contribution in [0.15, 0.2) is 30.3 Å². The van der Waals surface area contributed by atoms with Crippen molar-refractivity contribution in [1.82, 2.24) is 5.32 Å². The van der Waals surface area contributed by atoms with Gasteiger partial charge in [-0.3, -0.25) is 4.79 Å². The molecule has 0 bridgehead atoms. The third-order valence-electron chi connectivity index (χ3n) is 4.00. The summed E-state index contributed by atoms with van der Waals surface area (Å²) in [4.78, 5) is 12.0. The van der Waals surface area contributed by atoms with E-state index in [1.54, 1.807) is 18.2 Å². The summed E-state index contributed by atoms with van der Waals surface area (Å²) in [6.45, 7) is -2.77. The molecule has 0 saturated heterocycles. The number of hydrogen-bond acceptors (Lipinski definition) is 3. The van der Waals surface area contributed by atoms with E-state index in [0.717, 1.165) is 25.7 Å². The lowest BCUT2D eigenvalue weighted by Gasteiger charge is -2.30. The number of alkyl halides is 2. The number of carbonyl (C=O) groups is 1. The van der Waals surface area contributed by atoms with Crippen LogP contribution in [0, 0.1) is 5.92 Å². The maximum Gasteiger partial charge on any atom is 0.387 e. The first-order valence-corrected chi connectivity index (χ1v) is 7.73. The first kappa shape index (κ1) is 17.4. The fraction of sp³-hybridized carbons (Fsp3) is 0.471. The quantitative estimate of drug-likeness (QED) is 0.791. The third kappa shape index (κ3) is 5.63. The summed E-state index contributed by atoms with van der Waals surface area (Å²) in [5.74, 6) is -0.0234. The van der Waals surface area contributed by atoms with Gasteiger partial charge in [0.15, 0.2) is 0 Å². The Balaban J connectivity index is 1.87. The van der Waals surface area contributed by atoms with E-state index >= 15 is 0 Å². The number of ether oxygens (including phenoxy) is 1. The van der Waals surface area contributed by atoms with Crippen molar-refractivity contribution in [2.45, 2.75) is 38.3 Å². The van der Waals surface area contributed by atoms with Crippen LogP contribution in [0.2, 0.25) is 0 Å². The Morgan fingerprint density at radius 2 is 2.00 bits per heavy atom. The van der Waals surface area contributed by atoms with E-state index in [1.807, 2.05) is 0 Å². The Morgan fingerprint density at radius 3 is 2.65 bits per heavy atom. The molecule has 23 heavy (non-hydrogen) atoms. The van der Waals surface area contributed by atoms with Crippen molar-refractivity contribution < 1.29 is 23.4 Å². The van der Waals surface area contributed by atoms with Crippen molar-refractivity contribution in [2.75, 3.05) is 6.61 Å². The second-order valence-electron chi connectivity index (χ2n) is 5.62. The Labute approximate surface area is 134 Å². The minimum atomic E-state index is -2.85. The van der Waals surface area contributed by atoms with Crippen LogP contribution in [-0.2, 0) is 4.79 Å². The number of aliphatic hydroxyl groups is 1. The van der Waals surface area contributed by atoms with Crippen molar-refractivity contribution in [1.29, 1.82) is 0 Å². The van der Waals surface area contributed by atoms with E-state index in [2.05, 4.69) is 10.1 Å². The normalized spacial score (nSPS) is 21.6. The highest BCUT2D eigenvalue weighted by Crippen LogP contribution is 2.24. The molecule has 1 aromatic rings. The van der Waals surface area contributed by atoms with Crippen LogP contribution in [-0.4, -0.2) is 30.3 Å². The van der Waals surface area contributed by atoms with Crippen molar-refractivity contribution in [2.24, 2.45) is 5.92 Å². The monoisotopic (exact) mass is 325 g/mol. The van der Waals surface area contributed by atoms with Crippen LogP contribution in [0.5, 0.6) is 5.75 Å². The second kappa shape index (κ2) is 8.62. The zero-order chi connectivity index (χ0) is 16.7. The average Bonchev–Trinajstić information content (AvgIpc) is 2.54. The maximum absolute atomic E-state index is 12.1. The van der Waals surface area contributed by atoms with Crippen LogP contribution >= 0.6 is 0 Å². The van der Waals surface area contributed by atoms with Gasteiger partial charge in [-0.15, -0.1) is 0 Å². The number of halogens is 2. The van der Waals surface area contributed by atoms with Gasteiger partial charge in [-0.1, -0.05) is 25.0 Å². The molecule has 0 aromatic heterocycles. The molecule has 4 nitrogen and oxygen atoms in total. The second-order valence-corrected chi connectivity index (χ2v) is 5.62. The minimum Gasteiger partial charge on any atom is -0.435 e. The largest absolute Gasteiger partial charge is 0.435 e. The topological polar surface area (TPSA) is 58.6 Å². The van der Waals surface area contributed by atoms with E-state index in [9.17, 15) is 18.7 Å². The van der Waals surface area contributed by atoms with Gasteiger partial charge in [-0.2, -0.15) is 8.78 Å². The highest BCUT2D eigenvalue weighted by Gasteiger charge is 2.25. The van der Waals surface area contributed by atoms with E-state index in [1.165, 1.54) is 18.2 Å². The maximum atomic E-state index is 12.1. The smallest absolute Gasteiger partial charge is 0.387 e. The molecule has 1 aliphatic rings. The molecule has 1 saturated carbocycles. The molecule has 1 amide bonds. The number of rotatable bonds is 6. The summed E-state index contributed by atoms with van der Waals surface area (Å²) in [6, 6.07) is 6.05. The summed E-state index contributed by atoms with van der Waals surface area (Å²) < 4.78 is 28.4. The Bertz CT molecular complexity index is 531. The van der Waals surface area contributed by atoms with Crippen LogP contribution in [0.4, 0.5) is 8.78 Å². The van der Waals surface area contributed by atoms with Gasteiger partial charge in [-0.25, -0.2) is 0 Å². The van der Waals surface area contributed by atoms with Gasteiger partial charge in [0, 0.05) is 24.6 Å². The first-order chi connectivity index (χ1) is 11.1. The first-order valence-electron chi connectivity index (χ1n) is 7.73. The SMILES string of the molecule is O=C(/C=C/c1ccc(OC(F)F)cc1)NC1CCCCC1CO. The molecule has 126 valence electrons. The van der Waals surface area contributed by atoms with Crippen LogP contribution in [0.1, 0.15) is 31.2 Å². The molecule has 1 fully saturated rings. The molecule has 1 aromatic carbocycles. The standard InChI is InChI=1S/C17H21F2NO3/c18-17(19)23-14-8-5-12(6-9-14)7-10-16(22)20-15-4-2-1-3-13(15)11-21/h5-10,13,15,17,21H,1-4,11H2,(H,20,22)/b10-7+.